The molecule has 2 aromatic carbocycles. The molecule has 0 spiro atoms. The Kier molecular flexibility index (Phi) is 5.78. The Labute approximate surface area is 164 Å². The van der Waals surface area contributed by atoms with E-state index in [4.69, 9.17) is 5.73 Å². The maximum absolute atomic E-state index is 12.6. The molecule has 2 atom stereocenters. The quantitative estimate of drug-likeness (QED) is 0.807. The van der Waals surface area contributed by atoms with E-state index in [1.54, 1.807) is 29.2 Å². The van der Waals surface area contributed by atoms with Gasteiger partial charge in [0.1, 0.15) is 0 Å². The first-order valence-electron chi connectivity index (χ1n) is 9.50. The van der Waals surface area contributed by atoms with Crippen LogP contribution in [-0.4, -0.2) is 24.3 Å². The van der Waals surface area contributed by atoms with E-state index in [1.807, 2.05) is 24.3 Å². The fraction of sp³-hybridized carbons (Fsp3) is 0.318. The van der Waals surface area contributed by atoms with Gasteiger partial charge < -0.3 is 16.0 Å². The lowest BCUT2D eigenvalue weighted by atomic mass is 9.96. The number of nitrogens with zero attached hydrogens (tertiary/aromatic N) is 1. The Morgan fingerprint density at radius 1 is 1.18 bits per heavy atom. The standard InChI is InChI=1S/C22H25N3O3/c1-3-14(2)18-6-4-5-7-19(18)25-13-16(12-20(25)26)22(28)24-17-10-8-15(9-11-17)21(23)27/h4-11,14,16H,3,12-13H2,1-2H3,(H2,23,27)(H,24,28)/t14-,16-/m1/s1. The van der Waals surface area contributed by atoms with Crippen LogP contribution in [0.3, 0.4) is 0 Å². The lowest BCUT2D eigenvalue weighted by Crippen LogP contribution is -2.29. The zero-order chi connectivity index (χ0) is 20.3. The van der Waals surface area contributed by atoms with E-state index >= 15 is 0 Å². The molecule has 1 aliphatic heterocycles. The molecule has 0 aliphatic carbocycles. The Bertz CT molecular complexity index is 892. The fourth-order valence-electron chi connectivity index (χ4n) is 3.45. The Morgan fingerprint density at radius 2 is 1.86 bits per heavy atom. The SMILES string of the molecule is CC[C@@H](C)c1ccccc1N1C[C@H](C(=O)Nc2ccc(C(N)=O)cc2)CC1=O. The van der Waals surface area contributed by atoms with Crippen molar-refractivity contribution in [3.05, 3.63) is 59.7 Å². The molecule has 1 fully saturated rings. The second kappa shape index (κ2) is 8.25. The van der Waals surface area contributed by atoms with E-state index in [0.29, 0.717) is 23.7 Å². The highest BCUT2D eigenvalue weighted by molar-refractivity contribution is 6.04. The summed E-state index contributed by atoms with van der Waals surface area (Å²) in [6.07, 6.45) is 1.16. The number of carbonyl (C=O) groups is 3. The van der Waals surface area contributed by atoms with E-state index < -0.39 is 11.8 Å². The topological polar surface area (TPSA) is 92.5 Å². The summed E-state index contributed by atoms with van der Waals surface area (Å²) in [6, 6.07) is 14.3. The first-order chi connectivity index (χ1) is 13.4. The minimum Gasteiger partial charge on any atom is -0.366 e. The fourth-order valence-corrected chi connectivity index (χ4v) is 3.45. The second-order valence-corrected chi connectivity index (χ2v) is 7.20. The summed E-state index contributed by atoms with van der Waals surface area (Å²) in [6.45, 7) is 4.61. The van der Waals surface area contributed by atoms with Gasteiger partial charge in [-0.2, -0.15) is 0 Å². The number of rotatable bonds is 6. The molecular formula is C22H25N3O3. The summed E-state index contributed by atoms with van der Waals surface area (Å²) >= 11 is 0. The number of amides is 3. The normalized spacial score (nSPS) is 17.4. The number of hydrogen-bond acceptors (Lipinski definition) is 3. The molecule has 1 saturated heterocycles. The molecule has 3 amide bonds. The number of nitrogens with two attached hydrogens (primary N) is 1. The molecule has 6 nitrogen and oxygen atoms in total. The minimum atomic E-state index is -0.519. The van der Waals surface area contributed by atoms with E-state index in [1.165, 1.54) is 0 Å². The third kappa shape index (κ3) is 4.06. The van der Waals surface area contributed by atoms with Gasteiger partial charge >= 0.3 is 0 Å². The van der Waals surface area contributed by atoms with Crippen LogP contribution in [0.25, 0.3) is 0 Å². The van der Waals surface area contributed by atoms with Crippen molar-refractivity contribution < 1.29 is 14.4 Å². The smallest absolute Gasteiger partial charge is 0.248 e. The maximum atomic E-state index is 12.6. The number of carbonyl (C=O) groups excluding carboxylic acids is 3. The molecule has 2 aromatic rings. The van der Waals surface area contributed by atoms with Crippen LogP contribution in [0, 0.1) is 5.92 Å². The summed E-state index contributed by atoms with van der Waals surface area (Å²) in [5, 5.41) is 2.82. The van der Waals surface area contributed by atoms with E-state index in [2.05, 4.69) is 19.2 Å². The van der Waals surface area contributed by atoms with Crippen molar-refractivity contribution >= 4 is 29.1 Å². The summed E-state index contributed by atoms with van der Waals surface area (Å²) in [4.78, 5) is 38.1. The molecule has 1 heterocycles. The van der Waals surface area contributed by atoms with Gasteiger partial charge in [-0.15, -0.1) is 0 Å². The van der Waals surface area contributed by atoms with Gasteiger partial charge in [-0.1, -0.05) is 32.0 Å². The van der Waals surface area contributed by atoms with E-state index in [9.17, 15) is 14.4 Å². The van der Waals surface area contributed by atoms with Gasteiger partial charge in [0.2, 0.25) is 17.7 Å². The van der Waals surface area contributed by atoms with E-state index in [0.717, 1.165) is 17.7 Å². The highest BCUT2D eigenvalue weighted by Gasteiger charge is 2.36. The largest absolute Gasteiger partial charge is 0.366 e. The average molecular weight is 379 g/mol. The highest BCUT2D eigenvalue weighted by Crippen LogP contribution is 2.33. The van der Waals surface area contributed by atoms with Gasteiger partial charge in [-0.05, 0) is 48.2 Å². The molecule has 28 heavy (non-hydrogen) atoms. The van der Waals surface area contributed by atoms with Crippen molar-refractivity contribution in [1.82, 2.24) is 0 Å². The third-order valence-corrected chi connectivity index (χ3v) is 5.30. The molecule has 146 valence electrons. The van der Waals surface area contributed by atoms with Crippen molar-refractivity contribution in [2.24, 2.45) is 11.7 Å². The first kappa shape index (κ1) is 19.6. The number of benzene rings is 2. The number of para-hydroxylation sites is 1. The van der Waals surface area contributed by atoms with Crippen LogP contribution in [0.15, 0.2) is 48.5 Å². The first-order valence-corrected chi connectivity index (χ1v) is 9.50. The van der Waals surface area contributed by atoms with Crippen LogP contribution < -0.4 is 16.0 Å². The number of primary amides is 1. The zero-order valence-electron chi connectivity index (χ0n) is 16.1. The van der Waals surface area contributed by atoms with Crippen LogP contribution in [0.2, 0.25) is 0 Å². The second-order valence-electron chi connectivity index (χ2n) is 7.20. The molecule has 6 heteroatoms. The Hall–Kier alpha value is -3.15. The predicted octanol–water partition coefficient (Wildman–Crippen LogP) is 3.29. The van der Waals surface area contributed by atoms with Crippen LogP contribution in [0.5, 0.6) is 0 Å². The molecule has 0 aromatic heterocycles. The van der Waals surface area contributed by atoms with Crippen LogP contribution in [0.4, 0.5) is 11.4 Å². The zero-order valence-corrected chi connectivity index (χ0v) is 16.1. The molecule has 0 unspecified atom stereocenters. The van der Waals surface area contributed by atoms with Crippen molar-refractivity contribution in [2.45, 2.75) is 32.6 Å². The Balaban J connectivity index is 1.72. The monoisotopic (exact) mass is 379 g/mol. The third-order valence-electron chi connectivity index (χ3n) is 5.30. The number of nitrogens with one attached hydrogen (secondary N) is 1. The molecule has 0 radical (unpaired) electrons. The molecule has 1 aliphatic rings. The summed E-state index contributed by atoms with van der Waals surface area (Å²) in [7, 11) is 0. The Morgan fingerprint density at radius 3 is 2.50 bits per heavy atom. The lowest BCUT2D eigenvalue weighted by molar-refractivity contribution is -0.122. The molecular weight excluding hydrogens is 354 g/mol. The summed E-state index contributed by atoms with van der Waals surface area (Å²) in [5.41, 5.74) is 8.19. The van der Waals surface area contributed by atoms with Gasteiger partial charge in [0.05, 0.1) is 5.92 Å². The van der Waals surface area contributed by atoms with Gasteiger partial charge in [0.15, 0.2) is 0 Å². The summed E-state index contributed by atoms with van der Waals surface area (Å²) < 4.78 is 0. The van der Waals surface area contributed by atoms with Crippen LogP contribution in [0.1, 0.15) is 48.5 Å². The summed E-state index contributed by atoms with van der Waals surface area (Å²) in [5.74, 6) is -0.854. The molecule has 0 bridgehead atoms. The van der Waals surface area contributed by atoms with Crippen molar-refractivity contribution in [3.63, 3.8) is 0 Å². The lowest BCUT2D eigenvalue weighted by Gasteiger charge is -2.23. The van der Waals surface area contributed by atoms with Crippen molar-refractivity contribution in [3.8, 4) is 0 Å². The molecule has 3 N–H and O–H groups in total. The van der Waals surface area contributed by atoms with E-state index in [-0.39, 0.29) is 18.2 Å². The van der Waals surface area contributed by atoms with Gasteiger partial charge in [0.25, 0.3) is 0 Å². The van der Waals surface area contributed by atoms with Crippen LogP contribution in [-0.2, 0) is 9.59 Å². The average Bonchev–Trinajstić information content (AvgIpc) is 3.09. The van der Waals surface area contributed by atoms with Crippen LogP contribution >= 0.6 is 0 Å². The van der Waals surface area contributed by atoms with Crippen molar-refractivity contribution in [1.29, 1.82) is 0 Å². The van der Waals surface area contributed by atoms with Gasteiger partial charge in [-0.3, -0.25) is 14.4 Å². The van der Waals surface area contributed by atoms with Gasteiger partial charge in [0, 0.05) is 29.9 Å². The highest BCUT2D eigenvalue weighted by atomic mass is 16.2. The van der Waals surface area contributed by atoms with Gasteiger partial charge in [-0.25, -0.2) is 0 Å². The number of anilines is 2. The molecule has 0 saturated carbocycles. The minimum absolute atomic E-state index is 0.0417. The predicted molar refractivity (Wildman–Crippen MR) is 109 cm³/mol. The van der Waals surface area contributed by atoms with Crippen molar-refractivity contribution in [2.75, 3.05) is 16.8 Å². The maximum Gasteiger partial charge on any atom is 0.248 e. The number of hydrogen-bond donors (Lipinski definition) is 2. The molecule has 3 rings (SSSR count).